The van der Waals surface area contributed by atoms with Crippen molar-refractivity contribution in [2.24, 2.45) is 0 Å². The van der Waals surface area contributed by atoms with Gasteiger partial charge in [0.15, 0.2) is 11.2 Å². The van der Waals surface area contributed by atoms with Crippen LogP contribution >= 0.6 is 15.9 Å². The number of pyridine rings is 1. The van der Waals surface area contributed by atoms with Crippen LogP contribution in [-0.2, 0) is 6.54 Å². The van der Waals surface area contributed by atoms with Gasteiger partial charge in [-0.05, 0) is 40.2 Å². The second-order valence-electron chi connectivity index (χ2n) is 4.25. The molecular weight excluding hydrogens is 322 g/mol. The zero-order chi connectivity index (χ0) is 13.9. The molecule has 2 heterocycles. The van der Waals surface area contributed by atoms with E-state index in [1.807, 2.05) is 24.3 Å². The first-order valence-corrected chi connectivity index (χ1v) is 6.98. The molecule has 0 radical (unpaired) electrons. The zero-order valence-electron chi connectivity index (χ0n) is 10.5. The van der Waals surface area contributed by atoms with Gasteiger partial charge in [0.1, 0.15) is 0 Å². The van der Waals surface area contributed by atoms with Gasteiger partial charge in [-0.25, -0.2) is 9.78 Å². The predicted octanol–water partition coefficient (Wildman–Crippen LogP) is 2.86. The monoisotopic (exact) mass is 333 g/mol. The fourth-order valence-corrected chi connectivity index (χ4v) is 2.43. The lowest BCUT2D eigenvalue weighted by molar-refractivity contribution is 0.509. The standard InChI is InChI=1S/C14H12BrN3O2/c15-10-4-1-2-5-11(10)16-8-9-18-13-12(20-14(18)19)6-3-7-17-13/h1-7,16H,8-9H2. The van der Waals surface area contributed by atoms with Gasteiger partial charge in [0.2, 0.25) is 0 Å². The third kappa shape index (κ3) is 2.46. The highest BCUT2D eigenvalue weighted by atomic mass is 79.9. The molecule has 1 aromatic carbocycles. The summed E-state index contributed by atoms with van der Waals surface area (Å²) in [5, 5.41) is 3.27. The molecule has 20 heavy (non-hydrogen) atoms. The van der Waals surface area contributed by atoms with E-state index in [1.54, 1.807) is 18.3 Å². The molecule has 3 rings (SSSR count). The number of nitrogens with zero attached hydrogens (tertiary/aromatic N) is 2. The SMILES string of the molecule is O=c1oc2cccnc2n1CCNc1ccccc1Br. The number of hydrogen-bond acceptors (Lipinski definition) is 4. The Balaban J connectivity index is 1.76. The molecule has 0 unspecified atom stereocenters. The van der Waals surface area contributed by atoms with Crippen LogP contribution in [0, 0.1) is 0 Å². The summed E-state index contributed by atoms with van der Waals surface area (Å²) in [5.41, 5.74) is 2.08. The van der Waals surface area contributed by atoms with Gasteiger partial charge in [-0.3, -0.25) is 4.57 Å². The molecule has 6 heteroatoms. The molecule has 0 atom stereocenters. The number of oxazole rings is 1. The number of fused-ring (bicyclic) bond motifs is 1. The molecule has 0 saturated carbocycles. The molecule has 3 aromatic rings. The van der Waals surface area contributed by atoms with Gasteiger partial charge in [0, 0.05) is 29.4 Å². The molecule has 2 aromatic heterocycles. The maximum Gasteiger partial charge on any atom is 0.421 e. The van der Waals surface area contributed by atoms with Crippen LogP contribution in [0.4, 0.5) is 5.69 Å². The largest absolute Gasteiger partial charge is 0.421 e. The van der Waals surface area contributed by atoms with Crippen LogP contribution in [0.5, 0.6) is 0 Å². The van der Waals surface area contributed by atoms with Gasteiger partial charge in [-0.15, -0.1) is 0 Å². The molecule has 0 spiro atoms. The van der Waals surface area contributed by atoms with Crippen LogP contribution in [-0.4, -0.2) is 16.1 Å². The highest BCUT2D eigenvalue weighted by Crippen LogP contribution is 2.20. The van der Waals surface area contributed by atoms with E-state index in [1.165, 1.54) is 4.57 Å². The highest BCUT2D eigenvalue weighted by Gasteiger charge is 2.09. The molecule has 0 bridgehead atoms. The Morgan fingerprint density at radius 1 is 1.25 bits per heavy atom. The Morgan fingerprint density at radius 2 is 2.10 bits per heavy atom. The number of rotatable bonds is 4. The van der Waals surface area contributed by atoms with Crippen molar-refractivity contribution in [3.05, 3.63) is 57.6 Å². The Bertz CT molecular complexity index is 794. The summed E-state index contributed by atoms with van der Waals surface area (Å²) >= 11 is 3.47. The molecular formula is C14H12BrN3O2. The quantitative estimate of drug-likeness (QED) is 0.797. The fourth-order valence-electron chi connectivity index (χ4n) is 2.00. The summed E-state index contributed by atoms with van der Waals surface area (Å²) in [6, 6.07) is 11.3. The van der Waals surface area contributed by atoms with Crippen molar-refractivity contribution >= 4 is 32.8 Å². The van der Waals surface area contributed by atoms with Crippen molar-refractivity contribution < 1.29 is 4.42 Å². The van der Waals surface area contributed by atoms with E-state index in [4.69, 9.17) is 4.42 Å². The fraction of sp³-hybridized carbons (Fsp3) is 0.143. The number of benzene rings is 1. The second-order valence-corrected chi connectivity index (χ2v) is 5.11. The van der Waals surface area contributed by atoms with E-state index in [2.05, 4.69) is 26.2 Å². The summed E-state index contributed by atoms with van der Waals surface area (Å²) in [6.45, 7) is 1.10. The van der Waals surface area contributed by atoms with E-state index in [0.29, 0.717) is 24.3 Å². The molecule has 0 aliphatic carbocycles. The van der Waals surface area contributed by atoms with Crippen molar-refractivity contribution in [1.82, 2.24) is 9.55 Å². The summed E-state index contributed by atoms with van der Waals surface area (Å²) in [7, 11) is 0. The third-order valence-corrected chi connectivity index (χ3v) is 3.64. The maximum atomic E-state index is 11.8. The van der Waals surface area contributed by atoms with Crippen LogP contribution in [0.2, 0.25) is 0 Å². The van der Waals surface area contributed by atoms with E-state index in [-0.39, 0.29) is 5.76 Å². The van der Waals surface area contributed by atoms with Gasteiger partial charge in [0.05, 0.1) is 0 Å². The number of anilines is 1. The summed E-state index contributed by atoms with van der Waals surface area (Å²) in [4.78, 5) is 15.9. The number of para-hydroxylation sites is 1. The minimum Gasteiger partial charge on any atom is -0.406 e. The normalized spacial score (nSPS) is 10.8. The van der Waals surface area contributed by atoms with Crippen LogP contribution in [0.1, 0.15) is 0 Å². The summed E-state index contributed by atoms with van der Waals surface area (Å²) < 4.78 is 7.65. The lowest BCUT2D eigenvalue weighted by Gasteiger charge is -2.08. The van der Waals surface area contributed by atoms with E-state index < -0.39 is 0 Å². The number of nitrogens with one attached hydrogen (secondary N) is 1. The number of halogens is 1. The first-order chi connectivity index (χ1) is 9.75. The molecule has 0 fully saturated rings. The van der Waals surface area contributed by atoms with Crippen molar-refractivity contribution in [2.75, 3.05) is 11.9 Å². The molecule has 0 saturated heterocycles. The molecule has 0 aliphatic rings. The van der Waals surface area contributed by atoms with Gasteiger partial charge in [-0.1, -0.05) is 12.1 Å². The van der Waals surface area contributed by atoms with E-state index in [0.717, 1.165) is 10.2 Å². The van der Waals surface area contributed by atoms with Crippen LogP contribution in [0.15, 0.2) is 56.3 Å². The first-order valence-electron chi connectivity index (χ1n) is 6.18. The van der Waals surface area contributed by atoms with Crippen molar-refractivity contribution in [3.8, 4) is 0 Å². The Hall–Kier alpha value is -2.08. The Morgan fingerprint density at radius 3 is 2.95 bits per heavy atom. The maximum absolute atomic E-state index is 11.8. The van der Waals surface area contributed by atoms with Crippen molar-refractivity contribution in [1.29, 1.82) is 0 Å². The smallest absolute Gasteiger partial charge is 0.406 e. The Labute approximate surface area is 123 Å². The first kappa shape index (κ1) is 12.9. The minimum atomic E-state index is -0.382. The summed E-state index contributed by atoms with van der Waals surface area (Å²) in [6.07, 6.45) is 1.65. The van der Waals surface area contributed by atoms with Gasteiger partial charge < -0.3 is 9.73 Å². The highest BCUT2D eigenvalue weighted by molar-refractivity contribution is 9.10. The molecule has 5 nitrogen and oxygen atoms in total. The predicted molar refractivity (Wildman–Crippen MR) is 80.9 cm³/mol. The molecule has 0 amide bonds. The lowest BCUT2D eigenvalue weighted by atomic mass is 10.3. The van der Waals surface area contributed by atoms with E-state index in [9.17, 15) is 4.79 Å². The van der Waals surface area contributed by atoms with Gasteiger partial charge >= 0.3 is 5.76 Å². The average molecular weight is 334 g/mol. The van der Waals surface area contributed by atoms with Crippen LogP contribution in [0.3, 0.4) is 0 Å². The van der Waals surface area contributed by atoms with Crippen LogP contribution < -0.4 is 11.1 Å². The van der Waals surface area contributed by atoms with Crippen LogP contribution in [0.25, 0.3) is 11.2 Å². The summed E-state index contributed by atoms with van der Waals surface area (Å²) in [5.74, 6) is -0.382. The molecule has 102 valence electrons. The topological polar surface area (TPSA) is 60.1 Å². The van der Waals surface area contributed by atoms with Crippen molar-refractivity contribution in [3.63, 3.8) is 0 Å². The minimum absolute atomic E-state index is 0.382. The lowest BCUT2D eigenvalue weighted by Crippen LogP contribution is -2.20. The van der Waals surface area contributed by atoms with Gasteiger partial charge in [0.25, 0.3) is 0 Å². The molecule has 0 aliphatic heterocycles. The number of aromatic nitrogens is 2. The third-order valence-electron chi connectivity index (χ3n) is 2.95. The average Bonchev–Trinajstić information content (AvgIpc) is 2.77. The Kier molecular flexibility index (Phi) is 3.56. The van der Waals surface area contributed by atoms with Crippen molar-refractivity contribution in [2.45, 2.75) is 6.54 Å². The zero-order valence-corrected chi connectivity index (χ0v) is 12.1. The van der Waals surface area contributed by atoms with E-state index >= 15 is 0 Å². The molecule has 1 N–H and O–H groups in total. The van der Waals surface area contributed by atoms with Gasteiger partial charge in [-0.2, -0.15) is 0 Å². The number of hydrogen-bond donors (Lipinski definition) is 1. The second kappa shape index (κ2) is 5.50.